The summed E-state index contributed by atoms with van der Waals surface area (Å²) in [6.45, 7) is 0. The van der Waals surface area contributed by atoms with Gasteiger partial charge in [0.2, 0.25) is 0 Å². The molecule has 0 aliphatic heterocycles. The molecule has 2 heterocycles. The molecule has 0 saturated carbocycles. The van der Waals surface area contributed by atoms with E-state index in [9.17, 15) is 4.79 Å². The van der Waals surface area contributed by atoms with Crippen LogP contribution in [0, 0.1) is 0 Å². The Morgan fingerprint density at radius 3 is 2.39 bits per heavy atom. The third kappa shape index (κ3) is 2.67. The molecule has 8 nitrogen and oxygen atoms in total. The lowest BCUT2D eigenvalue weighted by Crippen LogP contribution is -2.08. The monoisotopic (exact) mass is 247 g/mol. The van der Waals surface area contributed by atoms with Gasteiger partial charge in [-0.15, -0.1) is 0 Å². The molecular weight excluding hydrogens is 238 g/mol. The van der Waals surface area contributed by atoms with Crippen LogP contribution < -0.4 is 10.1 Å². The highest BCUT2D eigenvalue weighted by molar-refractivity contribution is 5.81. The first-order valence-electron chi connectivity index (χ1n) is 4.87. The number of anilines is 1. The van der Waals surface area contributed by atoms with Crippen molar-refractivity contribution in [3.8, 4) is 17.3 Å². The number of hydrogen-bond acceptors (Lipinski definition) is 6. The Labute approximate surface area is 102 Å². The van der Waals surface area contributed by atoms with Crippen LogP contribution in [0.4, 0.5) is 10.6 Å². The van der Waals surface area contributed by atoms with E-state index in [1.807, 2.05) is 0 Å². The van der Waals surface area contributed by atoms with Gasteiger partial charge in [0.15, 0.2) is 5.82 Å². The van der Waals surface area contributed by atoms with E-state index in [2.05, 4.69) is 25.3 Å². The van der Waals surface area contributed by atoms with Gasteiger partial charge in [-0.2, -0.15) is 0 Å². The zero-order chi connectivity index (χ0) is 13.0. The first-order valence-corrected chi connectivity index (χ1v) is 4.87. The molecule has 0 spiro atoms. The summed E-state index contributed by atoms with van der Waals surface area (Å²) >= 11 is 0. The molecule has 0 aromatic carbocycles. The minimum absolute atomic E-state index is 0.153. The van der Waals surface area contributed by atoms with Gasteiger partial charge < -0.3 is 9.84 Å². The van der Waals surface area contributed by atoms with E-state index in [-0.39, 0.29) is 11.8 Å². The third-order valence-corrected chi connectivity index (χ3v) is 1.99. The van der Waals surface area contributed by atoms with Crippen LogP contribution in [0.1, 0.15) is 0 Å². The number of methoxy groups -OCH3 is 1. The van der Waals surface area contributed by atoms with Crippen LogP contribution in [0.3, 0.4) is 0 Å². The fourth-order valence-electron chi connectivity index (χ4n) is 1.21. The molecule has 0 aliphatic carbocycles. The van der Waals surface area contributed by atoms with Crippen molar-refractivity contribution in [2.75, 3.05) is 12.4 Å². The van der Waals surface area contributed by atoms with Crippen molar-refractivity contribution in [1.82, 2.24) is 19.9 Å². The van der Waals surface area contributed by atoms with E-state index >= 15 is 0 Å². The third-order valence-electron chi connectivity index (χ3n) is 1.99. The zero-order valence-electron chi connectivity index (χ0n) is 9.36. The number of nitrogens with one attached hydrogen (secondary N) is 1. The van der Waals surface area contributed by atoms with Crippen molar-refractivity contribution >= 4 is 11.9 Å². The van der Waals surface area contributed by atoms with Crippen molar-refractivity contribution in [1.29, 1.82) is 0 Å². The molecule has 1 amide bonds. The Morgan fingerprint density at radius 2 is 1.89 bits per heavy atom. The first-order chi connectivity index (χ1) is 8.69. The summed E-state index contributed by atoms with van der Waals surface area (Å²) in [7, 11) is 1.47. The van der Waals surface area contributed by atoms with E-state index in [4.69, 9.17) is 9.84 Å². The number of ether oxygens (including phenoxy) is 1. The van der Waals surface area contributed by atoms with Gasteiger partial charge in [0.1, 0.15) is 0 Å². The van der Waals surface area contributed by atoms with Crippen LogP contribution in [0.5, 0.6) is 6.01 Å². The van der Waals surface area contributed by atoms with Crippen LogP contribution in [-0.2, 0) is 0 Å². The molecule has 0 atom stereocenters. The maximum absolute atomic E-state index is 10.4. The molecule has 8 heteroatoms. The summed E-state index contributed by atoms with van der Waals surface area (Å²) in [6.07, 6.45) is 4.63. The second kappa shape index (κ2) is 5.04. The van der Waals surface area contributed by atoms with Crippen molar-refractivity contribution in [2.24, 2.45) is 0 Å². The number of nitrogens with zero attached hydrogens (tertiary/aromatic N) is 4. The van der Waals surface area contributed by atoms with Gasteiger partial charge in [-0.25, -0.2) is 19.7 Å². The molecule has 2 aromatic heterocycles. The first kappa shape index (κ1) is 11.7. The van der Waals surface area contributed by atoms with Gasteiger partial charge >= 0.3 is 12.1 Å². The maximum Gasteiger partial charge on any atom is 0.410 e. The molecule has 0 fully saturated rings. The Kier molecular flexibility index (Phi) is 3.28. The quantitative estimate of drug-likeness (QED) is 0.833. The van der Waals surface area contributed by atoms with E-state index in [0.717, 1.165) is 0 Å². The fourth-order valence-corrected chi connectivity index (χ4v) is 1.21. The molecule has 2 rings (SSSR count). The molecule has 18 heavy (non-hydrogen) atoms. The van der Waals surface area contributed by atoms with E-state index in [1.54, 1.807) is 12.4 Å². The van der Waals surface area contributed by atoms with Gasteiger partial charge in [-0.3, -0.25) is 10.3 Å². The topological polar surface area (TPSA) is 110 Å². The lowest BCUT2D eigenvalue weighted by molar-refractivity contribution is 0.209. The molecule has 2 aromatic rings. The van der Waals surface area contributed by atoms with Gasteiger partial charge in [0, 0.05) is 18.0 Å². The Hall–Kier alpha value is -2.77. The van der Waals surface area contributed by atoms with Crippen LogP contribution in [-0.4, -0.2) is 38.2 Å². The largest absolute Gasteiger partial charge is 0.467 e. The number of hydrogen-bond donors (Lipinski definition) is 2. The minimum atomic E-state index is -1.19. The smallest absolute Gasteiger partial charge is 0.410 e. The van der Waals surface area contributed by atoms with Crippen molar-refractivity contribution in [3.05, 3.63) is 24.8 Å². The summed E-state index contributed by atoms with van der Waals surface area (Å²) < 4.78 is 4.83. The van der Waals surface area contributed by atoms with Crippen LogP contribution in [0.2, 0.25) is 0 Å². The average molecular weight is 247 g/mol. The maximum atomic E-state index is 10.4. The van der Waals surface area contributed by atoms with Gasteiger partial charge in [-0.05, 0) is 0 Å². The van der Waals surface area contributed by atoms with Crippen LogP contribution in [0.25, 0.3) is 11.3 Å². The minimum Gasteiger partial charge on any atom is -0.467 e. The zero-order valence-corrected chi connectivity index (χ0v) is 9.36. The second-order valence-electron chi connectivity index (χ2n) is 3.18. The lowest BCUT2D eigenvalue weighted by atomic mass is 10.2. The molecule has 0 aliphatic rings. The van der Waals surface area contributed by atoms with Gasteiger partial charge in [0.05, 0.1) is 25.2 Å². The predicted octanol–water partition coefficient (Wildman–Crippen LogP) is 1.03. The molecular formula is C10H9N5O3. The van der Waals surface area contributed by atoms with Gasteiger partial charge in [-0.1, -0.05) is 0 Å². The summed E-state index contributed by atoms with van der Waals surface area (Å²) in [6, 6.07) is 0.260. The number of aromatic nitrogens is 4. The molecule has 92 valence electrons. The molecule has 2 N–H and O–H groups in total. The SMILES string of the molecule is COc1ncc(-c2cnc(NC(=O)O)cn2)cn1. The standard InChI is InChI=1S/C10H9N5O3/c1-18-9-13-2-6(3-14-9)7-4-12-8(5-11-7)15-10(16)17/h2-5H,1H3,(H,12,15)(H,16,17). The Bertz CT molecular complexity index is 540. The summed E-state index contributed by atoms with van der Waals surface area (Å²) in [4.78, 5) is 26.2. The number of amides is 1. The highest BCUT2D eigenvalue weighted by Gasteiger charge is 2.04. The highest BCUT2D eigenvalue weighted by Crippen LogP contribution is 2.15. The highest BCUT2D eigenvalue weighted by atomic mass is 16.5. The average Bonchev–Trinajstić information content (AvgIpc) is 2.39. The summed E-state index contributed by atoms with van der Waals surface area (Å²) in [5.74, 6) is 0.153. The van der Waals surface area contributed by atoms with Crippen molar-refractivity contribution < 1.29 is 14.6 Å². The molecule has 0 bridgehead atoms. The lowest BCUT2D eigenvalue weighted by Gasteiger charge is -2.02. The van der Waals surface area contributed by atoms with Crippen LogP contribution in [0.15, 0.2) is 24.8 Å². The number of carboxylic acid groups (broad SMARTS) is 1. The Balaban J connectivity index is 2.20. The predicted molar refractivity (Wildman–Crippen MR) is 61.3 cm³/mol. The second-order valence-corrected chi connectivity index (χ2v) is 3.18. The number of carbonyl (C=O) groups is 1. The summed E-state index contributed by atoms with van der Waals surface area (Å²) in [5, 5.41) is 10.6. The van der Waals surface area contributed by atoms with E-state index in [1.165, 1.54) is 19.5 Å². The molecule has 0 radical (unpaired) electrons. The van der Waals surface area contributed by atoms with E-state index in [0.29, 0.717) is 11.3 Å². The van der Waals surface area contributed by atoms with Crippen molar-refractivity contribution in [3.63, 3.8) is 0 Å². The summed E-state index contributed by atoms with van der Waals surface area (Å²) in [5.41, 5.74) is 1.19. The molecule has 0 unspecified atom stereocenters. The van der Waals surface area contributed by atoms with E-state index < -0.39 is 6.09 Å². The number of rotatable bonds is 3. The Morgan fingerprint density at radius 1 is 1.17 bits per heavy atom. The van der Waals surface area contributed by atoms with Crippen molar-refractivity contribution in [2.45, 2.75) is 0 Å². The fraction of sp³-hybridized carbons (Fsp3) is 0.100. The normalized spacial score (nSPS) is 9.83. The molecule has 0 saturated heterocycles. The van der Waals surface area contributed by atoms with Gasteiger partial charge in [0.25, 0.3) is 0 Å². The van der Waals surface area contributed by atoms with Crippen LogP contribution >= 0.6 is 0 Å².